The first-order valence-corrected chi connectivity index (χ1v) is 9.18. The maximum atomic E-state index is 12.2. The number of nitro groups is 1. The predicted molar refractivity (Wildman–Crippen MR) is 93.9 cm³/mol. The minimum absolute atomic E-state index is 0.0934. The maximum Gasteiger partial charge on any atom is 0.269 e. The van der Waals surface area contributed by atoms with Gasteiger partial charge in [-0.1, -0.05) is 12.1 Å². The molecular formula is C16H17N3O5S. The normalized spacial score (nSPS) is 12.2. The molecule has 2 aromatic rings. The van der Waals surface area contributed by atoms with Crippen LogP contribution in [0.1, 0.15) is 28.9 Å². The number of carbonyl (C=O) groups is 1. The third-order valence-electron chi connectivity index (χ3n) is 3.38. The third-order valence-corrected chi connectivity index (χ3v) is 3.98. The van der Waals surface area contributed by atoms with Gasteiger partial charge in [0.25, 0.3) is 11.6 Å². The molecule has 2 rings (SSSR count). The number of carbonyl (C=O) groups excluding carboxylic acids is 1. The summed E-state index contributed by atoms with van der Waals surface area (Å²) in [6.07, 6.45) is 1.06. The van der Waals surface area contributed by atoms with Gasteiger partial charge in [0.2, 0.25) is 10.0 Å². The molecule has 0 aliphatic heterocycles. The summed E-state index contributed by atoms with van der Waals surface area (Å²) < 4.78 is 25.0. The van der Waals surface area contributed by atoms with Crippen molar-refractivity contribution in [3.63, 3.8) is 0 Å². The molecule has 8 nitrogen and oxygen atoms in total. The number of benzene rings is 2. The summed E-state index contributed by atoms with van der Waals surface area (Å²) >= 11 is 0. The first kappa shape index (κ1) is 18.4. The van der Waals surface area contributed by atoms with Gasteiger partial charge >= 0.3 is 0 Å². The van der Waals surface area contributed by atoms with Gasteiger partial charge in [0.05, 0.1) is 17.2 Å². The summed E-state index contributed by atoms with van der Waals surface area (Å²) in [5, 5.41) is 13.4. The molecule has 0 unspecified atom stereocenters. The summed E-state index contributed by atoms with van der Waals surface area (Å²) in [6.45, 7) is 1.75. The van der Waals surface area contributed by atoms with Gasteiger partial charge in [-0.2, -0.15) is 0 Å². The molecule has 132 valence electrons. The average molecular weight is 363 g/mol. The van der Waals surface area contributed by atoms with E-state index < -0.39 is 14.9 Å². The average Bonchev–Trinajstić information content (AvgIpc) is 2.53. The SMILES string of the molecule is C[C@@H](NC(=O)c1ccc([N+](=O)[O-])cc1)c1cccc(NS(C)(=O)=O)c1. The van der Waals surface area contributed by atoms with Crippen molar-refractivity contribution >= 4 is 27.3 Å². The van der Waals surface area contributed by atoms with E-state index in [9.17, 15) is 23.3 Å². The Morgan fingerprint density at radius 3 is 2.36 bits per heavy atom. The first-order valence-electron chi connectivity index (χ1n) is 7.29. The molecule has 2 N–H and O–H groups in total. The van der Waals surface area contributed by atoms with Gasteiger partial charge in [-0.3, -0.25) is 19.6 Å². The van der Waals surface area contributed by atoms with Crippen LogP contribution in [0.2, 0.25) is 0 Å². The van der Waals surface area contributed by atoms with Crippen LogP contribution < -0.4 is 10.0 Å². The van der Waals surface area contributed by atoms with Crippen molar-refractivity contribution in [2.45, 2.75) is 13.0 Å². The Morgan fingerprint density at radius 2 is 1.80 bits per heavy atom. The molecule has 0 heterocycles. The van der Waals surface area contributed by atoms with E-state index in [4.69, 9.17) is 0 Å². The Hall–Kier alpha value is -2.94. The van der Waals surface area contributed by atoms with E-state index in [2.05, 4.69) is 10.0 Å². The highest BCUT2D eigenvalue weighted by atomic mass is 32.2. The molecule has 0 aliphatic carbocycles. The van der Waals surface area contributed by atoms with Crippen LogP contribution in [-0.4, -0.2) is 25.5 Å². The molecule has 0 saturated heterocycles. The molecule has 25 heavy (non-hydrogen) atoms. The highest BCUT2D eigenvalue weighted by molar-refractivity contribution is 7.92. The molecule has 1 amide bonds. The van der Waals surface area contributed by atoms with Crippen molar-refractivity contribution in [1.82, 2.24) is 5.32 Å². The number of nitrogens with zero attached hydrogens (tertiary/aromatic N) is 1. The number of anilines is 1. The minimum atomic E-state index is -3.39. The lowest BCUT2D eigenvalue weighted by atomic mass is 10.1. The number of nitro benzene ring substituents is 1. The molecule has 0 saturated carbocycles. The van der Waals surface area contributed by atoms with Crippen LogP contribution in [0.15, 0.2) is 48.5 Å². The Labute approximate surface area is 145 Å². The smallest absolute Gasteiger partial charge is 0.269 e. The largest absolute Gasteiger partial charge is 0.346 e. The van der Waals surface area contributed by atoms with Gasteiger partial charge in [0.1, 0.15) is 0 Å². The van der Waals surface area contributed by atoms with Crippen LogP contribution in [0.4, 0.5) is 11.4 Å². The molecule has 9 heteroatoms. The topological polar surface area (TPSA) is 118 Å². The lowest BCUT2D eigenvalue weighted by molar-refractivity contribution is -0.384. The highest BCUT2D eigenvalue weighted by Crippen LogP contribution is 2.19. The Kier molecular flexibility index (Phi) is 5.38. The van der Waals surface area contributed by atoms with Gasteiger partial charge in [-0.15, -0.1) is 0 Å². The molecular weight excluding hydrogens is 346 g/mol. The maximum absolute atomic E-state index is 12.2. The van der Waals surface area contributed by atoms with E-state index in [1.54, 1.807) is 31.2 Å². The van der Waals surface area contributed by atoms with Crippen molar-refractivity contribution in [3.8, 4) is 0 Å². The number of non-ortho nitro benzene ring substituents is 1. The Morgan fingerprint density at radius 1 is 1.16 bits per heavy atom. The molecule has 0 radical (unpaired) electrons. The number of nitrogens with one attached hydrogen (secondary N) is 2. The van der Waals surface area contributed by atoms with Crippen LogP contribution in [0.25, 0.3) is 0 Å². The second kappa shape index (κ2) is 7.31. The Bertz CT molecular complexity index is 894. The number of amides is 1. The lowest BCUT2D eigenvalue weighted by Crippen LogP contribution is -2.26. The second-order valence-corrected chi connectivity index (χ2v) is 7.25. The monoisotopic (exact) mass is 363 g/mol. The van der Waals surface area contributed by atoms with Gasteiger partial charge < -0.3 is 5.32 Å². The van der Waals surface area contributed by atoms with E-state index >= 15 is 0 Å². The molecule has 0 bridgehead atoms. The van der Waals surface area contributed by atoms with E-state index in [1.165, 1.54) is 24.3 Å². The van der Waals surface area contributed by atoms with Crippen LogP contribution in [0.5, 0.6) is 0 Å². The summed E-state index contributed by atoms with van der Waals surface area (Å²) in [6, 6.07) is 11.6. The van der Waals surface area contributed by atoms with Crippen molar-refractivity contribution in [2.75, 3.05) is 11.0 Å². The van der Waals surface area contributed by atoms with Gasteiger partial charge in [0.15, 0.2) is 0 Å². The van der Waals surface area contributed by atoms with Crippen LogP contribution in [0.3, 0.4) is 0 Å². The second-order valence-electron chi connectivity index (χ2n) is 5.50. The quantitative estimate of drug-likeness (QED) is 0.604. The van der Waals surface area contributed by atoms with Crippen molar-refractivity contribution in [1.29, 1.82) is 0 Å². The first-order chi connectivity index (χ1) is 11.7. The molecule has 0 aliphatic rings. The van der Waals surface area contributed by atoms with E-state index in [-0.39, 0.29) is 17.6 Å². The van der Waals surface area contributed by atoms with Crippen LogP contribution in [0, 0.1) is 10.1 Å². The van der Waals surface area contributed by atoms with E-state index in [1.807, 2.05) is 0 Å². The molecule has 2 aromatic carbocycles. The summed E-state index contributed by atoms with van der Waals surface area (Å²) in [7, 11) is -3.39. The zero-order valence-corrected chi connectivity index (χ0v) is 14.4. The fourth-order valence-corrected chi connectivity index (χ4v) is 2.74. The Balaban J connectivity index is 2.10. The number of rotatable bonds is 6. The fourth-order valence-electron chi connectivity index (χ4n) is 2.18. The molecule has 0 aromatic heterocycles. The molecule has 0 fully saturated rings. The lowest BCUT2D eigenvalue weighted by Gasteiger charge is -2.15. The molecule has 1 atom stereocenters. The summed E-state index contributed by atoms with van der Waals surface area (Å²) in [5.74, 6) is -0.385. The third kappa shape index (κ3) is 5.28. The van der Waals surface area contributed by atoms with Crippen LogP contribution in [-0.2, 0) is 10.0 Å². The zero-order valence-electron chi connectivity index (χ0n) is 13.6. The van der Waals surface area contributed by atoms with Gasteiger partial charge in [-0.25, -0.2) is 8.42 Å². The number of sulfonamides is 1. The van der Waals surface area contributed by atoms with Crippen molar-refractivity contribution in [2.24, 2.45) is 0 Å². The molecule has 0 spiro atoms. The fraction of sp³-hybridized carbons (Fsp3) is 0.188. The van der Waals surface area contributed by atoms with Gasteiger partial charge in [-0.05, 0) is 36.8 Å². The predicted octanol–water partition coefficient (Wildman–Crippen LogP) is 2.46. The number of hydrogen-bond acceptors (Lipinski definition) is 5. The van der Waals surface area contributed by atoms with E-state index in [0.29, 0.717) is 16.8 Å². The van der Waals surface area contributed by atoms with Crippen molar-refractivity contribution < 1.29 is 18.1 Å². The summed E-state index contributed by atoms with van der Waals surface area (Å²) in [4.78, 5) is 22.3. The van der Waals surface area contributed by atoms with Crippen LogP contribution >= 0.6 is 0 Å². The highest BCUT2D eigenvalue weighted by Gasteiger charge is 2.14. The number of hydrogen-bond donors (Lipinski definition) is 2. The standard InChI is InChI=1S/C16H17N3O5S/c1-11(13-4-3-5-14(10-13)18-25(2,23)24)17-16(20)12-6-8-15(9-7-12)19(21)22/h3-11,18H,1-2H3,(H,17,20)/t11-/m1/s1. The van der Waals surface area contributed by atoms with Gasteiger partial charge in [0, 0.05) is 23.4 Å². The zero-order chi connectivity index (χ0) is 18.6. The minimum Gasteiger partial charge on any atom is -0.346 e. The van der Waals surface area contributed by atoms with E-state index in [0.717, 1.165) is 6.26 Å². The van der Waals surface area contributed by atoms with Crippen molar-refractivity contribution in [3.05, 3.63) is 69.8 Å². The summed E-state index contributed by atoms with van der Waals surface area (Å²) in [5.41, 5.74) is 1.31.